The van der Waals surface area contributed by atoms with Crippen LogP contribution >= 0.6 is 23.2 Å². The molecular weight excluding hydrogens is 319 g/mol. The molecule has 0 aliphatic rings. The highest BCUT2D eigenvalue weighted by Gasteiger charge is 2.10. The molecule has 1 atom stereocenters. The third kappa shape index (κ3) is 5.02. The molecular formula is C17H18Cl2N2O. The summed E-state index contributed by atoms with van der Waals surface area (Å²) >= 11 is 12.0. The van der Waals surface area contributed by atoms with Crippen LogP contribution in [0.2, 0.25) is 10.0 Å². The van der Waals surface area contributed by atoms with Gasteiger partial charge in [-0.3, -0.25) is 4.79 Å². The topological polar surface area (TPSA) is 41.1 Å². The number of benzene rings is 2. The smallest absolute Gasteiger partial charge is 0.234 e. The van der Waals surface area contributed by atoms with Gasteiger partial charge >= 0.3 is 0 Å². The van der Waals surface area contributed by atoms with E-state index in [9.17, 15) is 4.79 Å². The lowest BCUT2D eigenvalue weighted by Gasteiger charge is -2.15. The van der Waals surface area contributed by atoms with Crippen molar-refractivity contribution < 1.29 is 4.79 Å². The Balaban J connectivity index is 1.78. The first-order valence-electron chi connectivity index (χ1n) is 7.05. The van der Waals surface area contributed by atoms with Crippen LogP contribution in [0.25, 0.3) is 0 Å². The van der Waals surface area contributed by atoms with Gasteiger partial charge in [0.1, 0.15) is 0 Å². The van der Waals surface area contributed by atoms with Crippen molar-refractivity contribution in [1.82, 2.24) is 10.6 Å². The molecule has 2 aromatic carbocycles. The van der Waals surface area contributed by atoms with E-state index in [-0.39, 0.29) is 18.5 Å². The SMILES string of the molecule is CC(NCC(=O)NCc1ccc(Cl)cc1)c1ccccc1Cl. The summed E-state index contributed by atoms with van der Waals surface area (Å²) in [6, 6.07) is 15.0. The molecule has 5 heteroatoms. The van der Waals surface area contributed by atoms with Crippen molar-refractivity contribution in [3.05, 3.63) is 69.7 Å². The summed E-state index contributed by atoms with van der Waals surface area (Å²) in [5.41, 5.74) is 1.99. The van der Waals surface area contributed by atoms with Crippen LogP contribution in [0.15, 0.2) is 48.5 Å². The molecule has 22 heavy (non-hydrogen) atoms. The Morgan fingerprint density at radius 3 is 2.45 bits per heavy atom. The van der Waals surface area contributed by atoms with Gasteiger partial charge < -0.3 is 10.6 Å². The molecule has 1 unspecified atom stereocenters. The van der Waals surface area contributed by atoms with Crippen LogP contribution in [0, 0.1) is 0 Å². The van der Waals surface area contributed by atoms with E-state index in [4.69, 9.17) is 23.2 Å². The summed E-state index contributed by atoms with van der Waals surface area (Å²) in [4.78, 5) is 11.9. The number of nitrogens with one attached hydrogen (secondary N) is 2. The normalized spacial score (nSPS) is 12.0. The molecule has 0 heterocycles. The lowest BCUT2D eigenvalue weighted by Crippen LogP contribution is -2.34. The van der Waals surface area contributed by atoms with Gasteiger partial charge in [-0.25, -0.2) is 0 Å². The molecule has 0 aliphatic heterocycles. The second-order valence-corrected chi connectivity index (χ2v) is 5.87. The van der Waals surface area contributed by atoms with Gasteiger partial charge in [0.25, 0.3) is 0 Å². The molecule has 0 radical (unpaired) electrons. The Labute approximate surface area is 140 Å². The molecule has 0 bridgehead atoms. The van der Waals surface area contributed by atoms with Gasteiger partial charge in [-0.2, -0.15) is 0 Å². The third-order valence-electron chi connectivity index (χ3n) is 3.34. The van der Waals surface area contributed by atoms with Gasteiger partial charge in [-0.05, 0) is 36.2 Å². The Bertz CT molecular complexity index is 629. The monoisotopic (exact) mass is 336 g/mol. The van der Waals surface area contributed by atoms with E-state index >= 15 is 0 Å². The second-order valence-electron chi connectivity index (χ2n) is 5.03. The molecule has 2 rings (SSSR count). The van der Waals surface area contributed by atoms with Gasteiger partial charge in [-0.15, -0.1) is 0 Å². The maximum Gasteiger partial charge on any atom is 0.234 e. The number of hydrogen-bond donors (Lipinski definition) is 2. The number of amides is 1. The number of rotatable bonds is 6. The van der Waals surface area contributed by atoms with Crippen molar-refractivity contribution >= 4 is 29.1 Å². The quantitative estimate of drug-likeness (QED) is 0.838. The highest BCUT2D eigenvalue weighted by atomic mass is 35.5. The van der Waals surface area contributed by atoms with Crippen molar-refractivity contribution in [3.63, 3.8) is 0 Å². The highest BCUT2D eigenvalue weighted by Crippen LogP contribution is 2.21. The summed E-state index contributed by atoms with van der Waals surface area (Å²) in [5.74, 6) is -0.0612. The number of hydrogen-bond acceptors (Lipinski definition) is 2. The summed E-state index contributed by atoms with van der Waals surface area (Å²) in [6.45, 7) is 2.70. The Morgan fingerprint density at radius 2 is 1.77 bits per heavy atom. The summed E-state index contributed by atoms with van der Waals surface area (Å²) in [6.07, 6.45) is 0. The van der Waals surface area contributed by atoms with Crippen LogP contribution in [0.1, 0.15) is 24.1 Å². The van der Waals surface area contributed by atoms with Crippen molar-refractivity contribution in [2.24, 2.45) is 0 Å². The van der Waals surface area contributed by atoms with E-state index in [1.807, 2.05) is 43.3 Å². The molecule has 2 N–H and O–H groups in total. The zero-order valence-corrected chi connectivity index (χ0v) is 13.8. The fraction of sp³-hybridized carbons (Fsp3) is 0.235. The third-order valence-corrected chi connectivity index (χ3v) is 3.94. The van der Waals surface area contributed by atoms with Gasteiger partial charge in [-0.1, -0.05) is 53.5 Å². The zero-order valence-electron chi connectivity index (χ0n) is 12.3. The van der Waals surface area contributed by atoms with E-state index in [1.54, 1.807) is 12.1 Å². The first-order chi connectivity index (χ1) is 10.6. The molecule has 3 nitrogen and oxygen atoms in total. The lowest BCUT2D eigenvalue weighted by atomic mass is 10.1. The van der Waals surface area contributed by atoms with Crippen molar-refractivity contribution in [3.8, 4) is 0 Å². The average molecular weight is 337 g/mol. The Kier molecular flexibility index (Phi) is 6.25. The molecule has 0 aliphatic carbocycles. The van der Waals surface area contributed by atoms with Gasteiger partial charge in [0.15, 0.2) is 0 Å². The fourth-order valence-corrected chi connectivity index (χ4v) is 2.47. The first kappa shape index (κ1) is 16.8. The minimum Gasteiger partial charge on any atom is -0.351 e. The van der Waals surface area contributed by atoms with E-state index in [2.05, 4.69) is 10.6 Å². The highest BCUT2D eigenvalue weighted by molar-refractivity contribution is 6.31. The average Bonchev–Trinajstić information content (AvgIpc) is 2.52. The van der Waals surface area contributed by atoms with E-state index in [0.29, 0.717) is 16.6 Å². The molecule has 116 valence electrons. The molecule has 0 saturated heterocycles. The van der Waals surface area contributed by atoms with Crippen LogP contribution < -0.4 is 10.6 Å². The minimum absolute atomic E-state index is 0.00924. The second kappa shape index (κ2) is 8.18. The standard InChI is InChI=1S/C17H18Cl2N2O/c1-12(15-4-2-3-5-16(15)19)20-11-17(22)21-10-13-6-8-14(18)9-7-13/h2-9,12,20H,10-11H2,1H3,(H,21,22). The maximum atomic E-state index is 11.9. The Morgan fingerprint density at radius 1 is 1.09 bits per heavy atom. The van der Waals surface area contributed by atoms with Crippen LogP contribution in [0.4, 0.5) is 0 Å². The van der Waals surface area contributed by atoms with E-state index in [0.717, 1.165) is 11.1 Å². The predicted octanol–water partition coefficient (Wildman–Crippen LogP) is 3.96. The largest absolute Gasteiger partial charge is 0.351 e. The zero-order chi connectivity index (χ0) is 15.9. The van der Waals surface area contributed by atoms with Crippen LogP contribution in [-0.4, -0.2) is 12.5 Å². The predicted molar refractivity (Wildman–Crippen MR) is 91.2 cm³/mol. The molecule has 0 spiro atoms. The van der Waals surface area contributed by atoms with Crippen LogP contribution in [0.3, 0.4) is 0 Å². The van der Waals surface area contributed by atoms with Gasteiger partial charge in [0, 0.05) is 22.6 Å². The molecule has 0 saturated carbocycles. The Hall–Kier alpha value is -1.55. The first-order valence-corrected chi connectivity index (χ1v) is 7.81. The molecule has 1 amide bonds. The molecule has 2 aromatic rings. The van der Waals surface area contributed by atoms with Crippen LogP contribution in [0.5, 0.6) is 0 Å². The minimum atomic E-state index is -0.0612. The number of carbonyl (C=O) groups is 1. The lowest BCUT2D eigenvalue weighted by molar-refractivity contribution is -0.120. The fourth-order valence-electron chi connectivity index (χ4n) is 2.05. The number of carbonyl (C=O) groups excluding carboxylic acids is 1. The van der Waals surface area contributed by atoms with Crippen molar-refractivity contribution in [1.29, 1.82) is 0 Å². The van der Waals surface area contributed by atoms with Crippen molar-refractivity contribution in [2.75, 3.05) is 6.54 Å². The summed E-state index contributed by atoms with van der Waals surface area (Å²) in [5, 5.41) is 7.41. The van der Waals surface area contributed by atoms with Crippen LogP contribution in [-0.2, 0) is 11.3 Å². The molecule has 0 fully saturated rings. The van der Waals surface area contributed by atoms with Crippen molar-refractivity contribution in [2.45, 2.75) is 19.5 Å². The van der Waals surface area contributed by atoms with Gasteiger partial charge in [0.05, 0.1) is 6.54 Å². The van der Waals surface area contributed by atoms with E-state index < -0.39 is 0 Å². The molecule has 0 aromatic heterocycles. The van der Waals surface area contributed by atoms with Gasteiger partial charge in [0.2, 0.25) is 5.91 Å². The summed E-state index contributed by atoms with van der Waals surface area (Å²) in [7, 11) is 0. The van der Waals surface area contributed by atoms with E-state index in [1.165, 1.54) is 0 Å². The number of halogens is 2. The summed E-state index contributed by atoms with van der Waals surface area (Å²) < 4.78 is 0. The maximum absolute atomic E-state index is 11.9.